The molecular weight excluding hydrogens is 377 g/mol. The van der Waals surface area contributed by atoms with Crippen LogP contribution in [0.4, 0.5) is 10.1 Å². The first-order valence-corrected chi connectivity index (χ1v) is 9.27. The van der Waals surface area contributed by atoms with Gasteiger partial charge in [-0.25, -0.2) is 4.39 Å². The first-order chi connectivity index (χ1) is 13.9. The summed E-state index contributed by atoms with van der Waals surface area (Å²) < 4.78 is 18.6. The van der Waals surface area contributed by atoms with Crippen LogP contribution in [0.3, 0.4) is 0 Å². The van der Waals surface area contributed by atoms with Crippen molar-refractivity contribution in [3.05, 3.63) is 59.9 Å². The van der Waals surface area contributed by atoms with E-state index in [-0.39, 0.29) is 17.6 Å². The Hall–Kier alpha value is -3.42. The lowest BCUT2D eigenvalue weighted by Gasteiger charge is -2.15. The molecule has 0 aliphatic carbocycles. The Morgan fingerprint density at radius 1 is 1.03 bits per heavy atom. The third-order valence-corrected chi connectivity index (χ3v) is 3.95. The summed E-state index contributed by atoms with van der Waals surface area (Å²) in [4.78, 5) is 35.4. The van der Waals surface area contributed by atoms with Gasteiger partial charge in [0, 0.05) is 36.8 Å². The van der Waals surface area contributed by atoms with Crippen LogP contribution < -0.4 is 20.7 Å². The maximum Gasteiger partial charge on any atom is 0.265 e. The van der Waals surface area contributed by atoms with Crippen molar-refractivity contribution in [2.24, 2.45) is 0 Å². The van der Waals surface area contributed by atoms with Crippen LogP contribution in [0.25, 0.3) is 0 Å². The predicted octanol–water partition coefficient (Wildman–Crippen LogP) is 2.49. The smallest absolute Gasteiger partial charge is 0.265 e. The molecule has 0 saturated heterocycles. The van der Waals surface area contributed by atoms with Crippen LogP contribution in [-0.2, 0) is 9.59 Å². The molecule has 0 aliphatic rings. The topological polar surface area (TPSA) is 96.5 Å². The van der Waals surface area contributed by atoms with E-state index >= 15 is 0 Å². The molecule has 1 atom stereocenters. The van der Waals surface area contributed by atoms with Gasteiger partial charge in [-0.05, 0) is 43.3 Å². The zero-order chi connectivity index (χ0) is 21.2. The van der Waals surface area contributed by atoms with Gasteiger partial charge in [0.05, 0.1) is 0 Å². The summed E-state index contributed by atoms with van der Waals surface area (Å²) in [5, 5.41) is 8.04. The Kier molecular flexibility index (Phi) is 8.14. The summed E-state index contributed by atoms with van der Waals surface area (Å²) in [6.45, 7) is 3.98. The van der Waals surface area contributed by atoms with Crippen molar-refractivity contribution in [2.75, 3.05) is 18.4 Å². The van der Waals surface area contributed by atoms with Gasteiger partial charge in [0.25, 0.3) is 11.8 Å². The second-order valence-corrected chi connectivity index (χ2v) is 6.24. The van der Waals surface area contributed by atoms with Gasteiger partial charge in [-0.1, -0.05) is 13.0 Å². The van der Waals surface area contributed by atoms with Crippen LogP contribution >= 0.6 is 0 Å². The van der Waals surface area contributed by atoms with E-state index < -0.39 is 17.8 Å². The highest BCUT2D eigenvalue weighted by atomic mass is 19.1. The lowest BCUT2D eigenvalue weighted by molar-refractivity contribution is -0.122. The Labute approximate surface area is 168 Å². The van der Waals surface area contributed by atoms with Crippen molar-refractivity contribution in [3.8, 4) is 5.75 Å². The van der Waals surface area contributed by atoms with Gasteiger partial charge in [-0.15, -0.1) is 0 Å². The Bertz CT molecular complexity index is 855. The number of halogens is 1. The largest absolute Gasteiger partial charge is 0.481 e. The van der Waals surface area contributed by atoms with E-state index in [1.54, 1.807) is 44.2 Å². The number of benzene rings is 2. The summed E-state index contributed by atoms with van der Waals surface area (Å²) in [5.41, 5.74) is 0.922. The normalized spacial score (nSPS) is 11.3. The minimum atomic E-state index is -0.835. The van der Waals surface area contributed by atoms with E-state index in [1.807, 2.05) is 0 Å². The summed E-state index contributed by atoms with van der Waals surface area (Å²) in [5.74, 6) is -0.948. The Morgan fingerprint density at radius 3 is 2.38 bits per heavy atom. The molecule has 2 rings (SSSR count). The highest BCUT2D eigenvalue weighted by Crippen LogP contribution is 2.15. The molecule has 0 aliphatic heterocycles. The van der Waals surface area contributed by atoms with Crippen molar-refractivity contribution in [2.45, 2.75) is 26.4 Å². The average molecular weight is 401 g/mol. The van der Waals surface area contributed by atoms with Gasteiger partial charge in [-0.3, -0.25) is 14.4 Å². The fourth-order valence-corrected chi connectivity index (χ4v) is 2.35. The third-order valence-electron chi connectivity index (χ3n) is 3.95. The molecule has 0 bridgehead atoms. The maximum absolute atomic E-state index is 13.2. The lowest BCUT2D eigenvalue weighted by Crippen LogP contribution is -2.34. The van der Waals surface area contributed by atoms with Crippen molar-refractivity contribution >= 4 is 23.4 Å². The van der Waals surface area contributed by atoms with Crippen LogP contribution in [0, 0.1) is 5.82 Å². The number of carbonyl (C=O) groups excluding carboxylic acids is 3. The van der Waals surface area contributed by atoms with Crippen molar-refractivity contribution < 1.29 is 23.5 Å². The summed E-state index contributed by atoms with van der Waals surface area (Å²) >= 11 is 0. The zero-order valence-electron chi connectivity index (χ0n) is 16.3. The number of anilines is 1. The van der Waals surface area contributed by atoms with E-state index in [0.717, 1.165) is 0 Å². The SMILES string of the molecule is CCC(=O)NCCNC(=O)c1ccc(NC(=O)C(C)Oc2cccc(F)c2)cc1. The van der Waals surface area contributed by atoms with Gasteiger partial charge < -0.3 is 20.7 Å². The second kappa shape index (κ2) is 10.8. The summed E-state index contributed by atoms with van der Waals surface area (Å²) in [6, 6.07) is 11.9. The van der Waals surface area contributed by atoms with Crippen molar-refractivity contribution in [1.29, 1.82) is 0 Å². The molecule has 29 heavy (non-hydrogen) atoms. The monoisotopic (exact) mass is 401 g/mol. The minimum absolute atomic E-state index is 0.0741. The lowest BCUT2D eigenvalue weighted by atomic mass is 10.2. The highest BCUT2D eigenvalue weighted by Gasteiger charge is 2.15. The molecule has 8 heteroatoms. The molecule has 2 aromatic carbocycles. The Balaban J connectivity index is 1.82. The number of nitrogens with one attached hydrogen (secondary N) is 3. The van der Waals surface area contributed by atoms with Crippen LogP contribution in [0.5, 0.6) is 5.75 Å². The maximum atomic E-state index is 13.2. The van der Waals surface area contributed by atoms with E-state index in [9.17, 15) is 18.8 Å². The summed E-state index contributed by atoms with van der Waals surface area (Å²) in [7, 11) is 0. The Morgan fingerprint density at radius 2 is 1.72 bits per heavy atom. The van der Waals surface area contributed by atoms with Gasteiger partial charge in [-0.2, -0.15) is 0 Å². The summed E-state index contributed by atoms with van der Waals surface area (Å²) in [6.07, 6.45) is -0.439. The molecule has 3 N–H and O–H groups in total. The number of rotatable bonds is 9. The number of ether oxygens (including phenoxy) is 1. The quantitative estimate of drug-likeness (QED) is 0.563. The molecule has 1 unspecified atom stereocenters. The predicted molar refractivity (Wildman–Crippen MR) is 107 cm³/mol. The number of hydrogen-bond donors (Lipinski definition) is 3. The molecule has 0 spiro atoms. The van der Waals surface area contributed by atoms with E-state index in [1.165, 1.54) is 18.2 Å². The molecule has 3 amide bonds. The first kappa shape index (κ1) is 21.9. The molecule has 154 valence electrons. The molecule has 0 saturated carbocycles. The van der Waals surface area contributed by atoms with Crippen LogP contribution in [0.2, 0.25) is 0 Å². The molecule has 7 nitrogen and oxygen atoms in total. The average Bonchev–Trinajstić information content (AvgIpc) is 2.71. The van der Waals surface area contributed by atoms with Crippen LogP contribution in [0.1, 0.15) is 30.6 Å². The second-order valence-electron chi connectivity index (χ2n) is 6.24. The standard InChI is InChI=1S/C21H24FN3O4/c1-3-19(26)23-11-12-24-21(28)15-7-9-17(10-8-15)25-20(27)14(2)29-18-6-4-5-16(22)13-18/h4-10,13-14H,3,11-12H2,1-2H3,(H,23,26)(H,24,28)(H,25,27). The fraction of sp³-hybridized carbons (Fsp3) is 0.286. The minimum Gasteiger partial charge on any atom is -0.481 e. The molecule has 0 heterocycles. The molecule has 0 radical (unpaired) electrons. The number of carbonyl (C=O) groups is 3. The number of amides is 3. The van der Waals surface area contributed by atoms with Gasteiger partial charge >= 0.3 is 0 Å². The van der Waals surface area contributed by atoms with Gasteiger partial charge in [0.2, 0.25) is 5.91 Å². The van der Waals surface area contributed by atoms with E-state index in [2.05, 4.69) is 16.0 Å². The van der Waals surface area contributed by atoms with Gasteiger partial charge in [0.1, 0.15) is 11.6 Å². The molecule has 0 fully saturated rings. The van der Waals surface area contributed by atoms with Gasteiger partial charge in [0.15, 0.2) is 6.10 Å². The van der Waals surface area contributed by atoms with Crippen molar-refractivity contribution in [3.63, 3.8) is 0 Å². The highest BCUT2D eigenvalue weighted by molar-refractivity contribution is 5.96. The first-order valence-electron chi connectivity index (χ1n) is 9.27. The molecule has 2 aromatic rings. The molecule has 0 aromatic heterocycles. The zero-order valence-corrected chi connectivity index (χ0v) is 16.3. The van der Waals surface area contributed by atoms with E-state index in [0.29, 0.717) is 30.8 Å². The van der Waals surface area contributed by atoms with E-state index in [4.69, 9.17) is 4.74 Å². The van der Waals surface area contributed by atoms with Crippen LogP contribution in [0.15, 0.2) is 48.5 Å². The molecular formula is C21H24FN3O4. The number of hydrogen-bond acceptors (Lipinski definition) is 4. The van der Waals surface area contributed by atoms with Crippen LogP contribution in [-0.4, -0.2) is 36.9 Å². The third kappa shape index (κ3) is 7.25. The fourth-order valence-electron chi connectivity index (χ4n) is 2.35. The van der Waals surface area contributed by atoms with Crippen molar-refractivity contribution in [1.82, 2.24) is 10.6 Å².